The van der Waals surface area contributed by atoms with Crippen LogP contribution in [0.15, 0.2) is 12.3 Å². The molecule has 1 aromatic heterocycles. The molecule has 10 heavy (non-hydrogen) atoms. The Balaban J connectivity index is 0.000000500. The normalized spacial score (nSPS) is 14.8. The van der Waals surface area contributed by atoms with Crippen molar-refractivity contribution >= 4 is 18.2 Å². The van der Waals surface area contributed by atoms with Crippen molar-refractivity contribution in [2.45, 2.75) is 13.0 Å². The van der Waals surface area contributed by atoms with E-state index in [0.29, 0.717) is 0 Å². The Morgan fingerprint density at radius 1 is 1.60 bits per heavy atom. The maximum atomic E-state index is 4.11. The zero-order valence-corrected chi connectivity index (χ0v) is 6.40. The number of hydrogen-bond donors (Lipinski definition) is 1. The van der Waals surface area contributed by atoms with Crippen molar-refractivity contribution in [3.05, 3.63) is 12.3 Å². The molecule has 1 aromatic rings. The number of nitrogens with zero attached hydrogens (tertiary/aromatic N) is 2. The lowest BCUT2D eigenvalue weighted by Gasteiger charge is -2.14. The Kier molecular flexibility index (Phi) is 2.17. The van der Waals surface area contributed by atoms with E-state index in [2.05, 4.69) is 10.4 Å². The third-order valence-electron chi connectivity index (χ3n) is 1.57. The van der Waals surface area contributed by atoms with E-state index in [9.17, 15) is 0 Å². The van der Waals surface area contributed by atoms with Crippen molar-refractivity contribution in [3.63, 3.8) is 0 Å². The third-order valence-corrected chi connectivity index (χ3v) is 1.57. The maximum absolute atomic E-state index is 4.11. The second kappa shape index (κ2) is 2.92. The van der Waals surface area contributed by atoms with Crippen molar-refractivity contribution in [1.29, 1.82) is 0 Å². The molecule has 0 atom stereocenters. The van der Waals surface area contributed by atoms with Crippen molar-refractivity contribution in [2.24, 2.45) is 0 Å². The van der Waals surface area contributed by atoms with E-state index in [1.165, 1.54) is 6.42 Å². The lowest BCUT2D eigenvalue weighted by Crippen LogP contribution is -2.17. The number of rotatable bonds is 0. The SMILES string of the molecule is Cl.c1cc2n(n1)CCCN2. The van der Waals surface area contributed by atoms with Gasteiger partial charge >= 0.3 is 0 Å². The summed E-state index contributed by atoms with van der Waals surface area (Å²) in [6, 6.07) is 2.00. The lowest BCUT2D eigenvalue weighted by molar-refractivity contribution is 0.568. The van der Waals surface area contributed by atoms with Crippen LogP contribution in [0.2, 0.25) is 0 Å². The van der Waals surface area contributed by atoms with Crippen LogP contribution in [0.3, 0.4) is 0 Å². The molecule has 2 heterocycles. The lowest BCUT2D eigenvalue weighted by atomic mass is 10.3. The number of halogens is 1. The number of nitrogens with one attached hydrogen (secondary N) is 1. The van der Waals surface area contributed by atoms with Gasteiger partial charge in [-0.25, -0.2) is 4.68 Å². The average molecular weight is 160 g/mol. The van der Waals surface area contributed by atoms with Gasteiger partial charge in [0.05, 0.1) is 6.20 Å². The van der Waals surface area contributed by atoms with Crippen molar-refractivity contribution < 1.29 is 0 Å². The molecular formula is C6H10ClN3. The Hall–Kier alpha value is -0.700. The first kappa shape index (κ1) is 7.41. The standard InChI is InChI=1S/C6H9N3.ClH/c1-3-7-6-2-4-8-9(6)5-1;/h2,4,7H,1,3,5H2;1H. The maximum Gasteiger partial charge on any atom is 0.124 e. The monoisotopic (exact) mass is 159 g/mol. The Labute approximate surface area is 65.8 Å². The van der Waals surface area contributed by atoms with Gasteiger partial charge in [-0.3, -0.25) is 0 Å². The van der Waals surface area contributed by atoms with Crippen LogP contribution in [-0.2, 0) is 6.54 Å². The van der Waals surface area contributed by atoms with Gasteiger partial charge in [-0.1, -0.05) is 0 Å². The second-order valence-corrected chi connectivity index (χ2v) is 2.22. The first-order chi connectivity index (χ1) is 4.47. The van der Waals surface area contributed by atoms with Gasteiger partial charge in [0.2, 0.25) is 0 Å². The molecule has 0 fully saturated rings. The van der Waals surface area contributed by atoms with Crippen LogP contribution >= 0.6 is 12.4 Å². The number of fused-ring (bicyclic) bond motifs is 1. The molecule has 0 aromatic carbocycles. The first-order valence-corrected chi connectivity index (χ1v) is 3.22. The highest BCUT2D eigenvalue weighted by Gasteiger charge is 2.04. The summed E-state index contributed by atoms with van der Waals surface area (Å²) in [4.78, 5) is 0. The molecule has 0 spiro atoms. The molecule has 1 N–H and O–H groups in total. The van der Waals surface area contributed by atoms with E-state index in [1.807, 2.05) is 16.9 Å². The zero-order chi connectivity index (χ0) is 6.10. The molecular weight excluding hydrogens is 150 g/mol. The first-order valence-electron chi connectivity index (χ1n) is 3.22. The smallest absolute Gasteiger partial charge is 0.124 e. The van der Waals surface area contributed by atoms with E-state index in [-0.39, 0.29) is 12.4 Å². The molecule has 0 saturated heterocycles. The topological polar surface area (TPSA) is 29.9 Å². The van der Waals surface area contributed by atoms with Gasteiger partial charge in [0.25, 0.3) is 0 Å². The Morgan fingerprint density at radius 3 is 3.30 bits per heavy atom. The molecule has 0 unspecified atom stereocenters. The van der Waals surface area contributed by atoms with Gasteiger partial charge in [0.1, 0.15) is 5.82 Å². The largest absolute Gasteiger partial charge is 0.370 e. The molecule has 56 valence electrons. The van der Waals surface area contributed by atoms with Crippen LogP contribution in [0.25, 0.3) is 0 Å². The van der Waals surface area contributed by atoms with Crippen LogP contribution in [0, 0.1) is 0 Å². The molecule has 0 radical (unpaired) electrons. The Morgan fingerprint density at radius 2 is 2.50 bits per heavy atom. The molecule has 0 bridgehead atoms. The number of aromatic nitrogens is 2. The molecule has 4 heteroatoms. The molecule has 1 aliphatic rings. The van der Waals surface area contributed by atoms with Gasteiger partial charge in [-0.2, -0.15) is 5.10 Å². The summed E-state index contributed by atoms with van der Waals surface area (Å²) in [5.41, 5.74) is 0. The molecule has 0 aliphatic carbocycles. The minimum absolute atomic E-state index is 0. The molecule has 3 nitrogen and oxygen atoms in total. The van der Waals surface area contributed by atoms with Crippen LogP contribution in [0.4, 0.5) is 5.82 Å². The van der Waals surface area contributed by atoms with Crippen molar-refractivity contribution in [2.75, 3.05) is 11.9 Å². The predicted octanol–water partition coefficient (Wildman–Crippen LogP) is 1.12. The highest BCUT2D eigenvalue weighted by atomic mass is 35.5. The van der Waals surface area contributed by atoms with E-state index in [0.717, 1.165) is 18.9 Å². The quantitative estimate of drug-likeness (QED) is 0.615. The van der Waals surface area contributed by atoms with E-state index >= 15 is 0 Å². The summed E-state index contributed by atoms with van der Waals surface area (Å²) in [5, 5.41) is 7.35. The van der Waals surface area contributed by atoms with Gasteiger partial charge in [-0.15, -0.1) is 12.4 Å². The van der Waals surface area contributed by atoms with Gasteiger partial charge in [-0.05, 0) is 6.42 Å². The van der Waals surface area contributed by atoms with Gasteiger partial charge in [0.15, 0.2) is 0 Å². The summed E-state index contributed by atoms with van der Waals surface area (Å²) in [6.45, 7) is 2.15. The molecule has 0 saturated carbocycles. The fraction of sp³-hybridized carbons (Fsp3) is 0.500. The van der Waals surface area contributed by atoms with Crippen LogP contribution in [0.5, 0.6) is 0 Å². The molecule has 0 amide bonds. The van der Waals surface area contributed by atoms with Crippen LogP contribution < -0.4 is 5.32 Å². The predicted molar refractivity (Wildman–Crippen MR) is 42.6 cm³/mol. The number of anilines is 1. The Bertz CT molecular complexity index is 188. The minimum Gasteiger partial charge on any atom is -0.370 e. The fourth-order valence-electron chi connectivity index (χ4n) is 1.11. The van der Waals surface area contributed by atoms with Crippen LogP contribution in [-0.4, -0.2) is 16.3 Å². The van der Waals surface area contributed by atoms with E-state index < -0.39 is 0 Å². The second-order valence-electron chi connectivity index (χ2n) is 2.22. The van der Waals surface area contributed by atoms with Gasteiger partial charge < -0.3 is 5.32 Å². The van der Waals surface area contributed by atoms with Crippen molar-refractivity contribution in [1.82, 2.24) is 9.78 Å². The number of aryl methyl sites for hydroxylation is 1. The van der Waals surface area contributed by atoms with Gasteiger partial charge in [0, 0.05) is 19.2 Å². The van der Waals surface area contributed by atoms with Crippen molar-refractivity contribution in [3.8, 4) is 0 Å². The summed E-state index contributed by atoms with van der Waals surface area (Å²) < 4.78 is 1.99. The number of hydrogen-bond acceptors (Lipinski definition) is 2. The van der Waals surface area contributed by atoms with Crippen LogP contribution in [0.1, 0.15) is 6.42 Å². The van der Waals surface area contributed by atoms with E-state index in [4.69, 9.17) is 0 Å². The summed E-state index contributed by atoms with van der Waals surface area (Å²) in [6.07, 6.45) is 3.02. The summed E-state index contributed by atoms with van der Waals surface area (Å²) >= 11 is 0. The zero-order valence-electron chi connectivity index (χ0n) is 5.58. The fourth-order valence-corrected chi connectivity index (χ4v) is 1.11. The average Bonchev–Trinajstić information content (AvgIpc) is 2.33. The van der Waals surface area contributed by atoms with E-state index in [1.54, 1.807) is 0 Å². The molecule has 2 rings (SSSR count). The summed E-state index contributed by atoms with van der Waals surface area (Å²) in [5.74, 6) is 1.15. The molecule has 1 aliphatic heterocycles. The summed E-state index contributed by atoms with van der Waals surface area (Å²) in [7, 11) is 0. The highest BCUT2D eigenvalue weighted by Crippen LogP contribution is 2.10. The third kappa shape index (κ3) is 1.09. The highest BCUT2D eigenvalue weighted by molar-refractivity contribution is 5.85. The minimum atomic E-state index is 0.